The Hall–Kier alpha value is -2.12. The molecule has 0 radical (unpaired) electrons. The Morgan fingerprint density at radius 2 is 1.64 bits per heavy atom. The summed E-state index contributed by atoms with van der Waals surface area (Å²) in [6.45, 7) is 0.0139. The van der Waals surface area contributed by atoms with Crippen LogP contribution in [0.4, 0.5) is 0 Å². The Labute approximate surface area is 173 Å². The second-order valence-electron chi connectivity index (χ2n) is 6.04. The van der Waals surface area contributed by atoms with Crippen molar-refractivity contribution in [2.24, 2.45) is 5.73 Å². The Kier molecular flexibility index (Phi) is 10.6. The Balaban J connectivity index is 0.000000568. The molecule has 0 bridgehead atoms. The smallest absolute Gasteiger partial charge is 0.305 e. The van der Waals surface area contributed by atoms with Crippen LogP contribution in [0.3, 0.4) is 0 Å². The highest BCUT2D eigenvalue weighted by Crippen LogP contribution is 2.27. The molecule has 0 fully saturated rings. The molecule has 0 saturated carbocycles. The van der Waals surface area contributed by atoms with Crippen LogP contribution in [0.2, 0.25) is 10.0 Å². The lowest BCUT2D eigenvalue weighted by Gasteiger charge is -2.09. The number of aliphatic hydroxyl groups is 1. The third-order valence-electron chi connectivity index (χ3n) is 3.61. The molecule has 0 aliphatic carbocycles. The van der Waals surface area contributed by atoms with Crippen LogP contribution in [0.5, 0.6) is 0 Å². The molecule has 0 saturated heterocycles. The summed E-state index contributed by atoms with van der Waals surface area (Å²) in [5, 5.41) is 19.3. The normalized spacial score (nSPS) is 11.3. The van der Waals surface area contributed by atoms with Crippen molar-refractivity contribution in [3.05, 3.63) is 58.1 Å². The van der Waals surface area contributed by atoms with E-state index in [4.69, 9.17) is 28.3 Å². The number of primary amides is 1. The van der Waals surface area contributed by atoms with Gasteiger partial charge in [0.25, 0.3) is 0 Å². The molecule has 28 heavy (non-hydrogen) atoms. The number of carboxylic acids is 1. The molecule has 1 atom stereocenters. The van der Waals surface area contributed by atoms with E-state index in [1.54, 1.807) is 6.07 Å². The summed E-state index contributed by atoms with van der Waals surface area (Å²) in [6, 6.07) is 13.2. The zero-order valence-electron chi connectivity index (χ0n) is 15.4. The molecule has 0 aliphatic rings. The molecule has 2 rings (SSSR count). The topological polar surface area (TPSA) is 110 Å². The quantitative estimate of drug-likeness (QED) is 0.596. The molecule has 0 heterocycles. The van der Waals surface area contributed by atoms with Gasteiger partial charge >= 0.3 is 5.97 Å². The highest BCUT2D eigenvalue weighted by molar-refractivity contribution is 6.35. The van der Waals surface area contributed by atoms with E-state index in [0.29, 0.717) is 22.9 Å². The monoisotopic (exact) mass is 427 g/mol. The largest absolute Gasteiger partial charge is 0.481 e. The maximum atomic E-state index is 10.5. The fourth-order valence-electron chi connectivity index (χ4n) is 2.36. The minimum Gasteiger partial charge on any atom is -0.481 e. The maximum absolute atomic E-state index is 10.5. The summed E-state index contributed by atoms with van der Waals surface area (Å²) < 4.78 is 4.33. The fourth-order valence-corrected chi connectivity index (χ4v) is 2.89. The molecule has 2 aromatic rings. The van der Waals surface area contributed by atoms with Gasteiger partial charge < -0.3 is 20.7 Å². The van der Waals surface area contributed by atoms with Crippen LogP contribution in [0, 0.1) is 0 Å². The number of hydrogen-bond donors (Lipinski definition) is 3. The number of aryl methyl sites for hydroxylation is 1. The average molecular weight is 428 g/mol. The van der Waals surface area contributed by atoms with E-state index in [-0.39, 0.29) is 13.0 Å². The number of ether oxygens (including phenoxy) is 1. The number of hydrogen-bond acceptors (Lipinski definition) is 4. The average Bonchev–Trinajstić information content (AvgIpc) is 2.59. The van der Waals surface area contributed by atoms with Crippen LogP contribution in [0.1, 0.15) is 18.4 Å². The van der Waals surface area contributed by atoms with Gasteiger partial charge in [-0.05, 0) is 47.7 Å². The summed E-state index contributed by atoms with van der Waals surface area (Å²) >= 11 is 12.0. The van der Waals surface area contributed by atoms with Gasteiger partial charge in [0.1, 0.15) is 6.61 Å². The Morgan fingerprint density at radius 1 is 1.07 bits per heavy atom. The number of nitrogens with two attached hydrogens (primary N) is 1. The molecule has 0 aliphatic heterocycles. The third-order valence-corrected chi connectivity index (χ3v) is 4.05. The number of carbonyl (C=O) groups is 2. The number of amides is 1. The second-order valence-corrected chi connectivity index (χ2v) is 6.92. The van der Waals surface area contributed by atoms with E-state index in [1.165, 1.54) is 7.11 Å². The van der Waals surface area contributed by atoms with E-state index in [2.05, 4.69) is 10.5 Å². The zero-order valence-corrected chi connectivity index (χ0v) is 16.9. The molecule has 1 unspecified atom stereocenters. The number of methoxy groups -OCH3 is 1. The van der Waals surface area contributed by atoms with Crippen molar-refractivity contribution in [1.82, 2.24) is 0 Å². The molecule has 2 aromatic carbocycles. The summed E-state index contributed by atoms with van der Waals surface area (Å²) in [6.07, 6.45) is 0.0163. The van der Waals surface area contributed by atoms with Gasteiger partial charge in [0.05, 0.1) is 12.5 Å². The van der Waals surface area contributed by atoms with Gasteiger partial charge in [-0.1, -0.05) is 47.5 Å². The number of aliphatic hydroxyl groups excluding tert-OH is 1. The zero-order chi connectivity index (χ0) is 21.1. The lowest BCUT2D eigenvalue weighted by atomic mass is 10.0. The van der Waals surface area contributed by atoms with Gasteiger partial charge in [-0.15, -0.1) is 0 Å². The van der Waals surface area contributed by atoms with Crippen molar-refractivity contribution >= 4 is 35.1 Å². The van der Waals surface area contributed by atoms with Gasteiger partial charge in [0.2, 0.25) is 5.91 Å². The number of benzene rings is 2. The van der Waals surface area contributed by atoms with Crippen molar-refractivity contribution in [3.8, 4) is 11.1 Å². The molecular formula is C20H23Cl2NO5. The van der Waals surface area contributed by atoms with Crippen molar-refractivity contribution in [2.75, 3.05) is 13.7 Å². The number of aliphatic carboxylic acids is 1. The van der Waals surface area contributed by atoms with Crippen molar-refractivity contribution in [2.45, 2.75) is 25.4 Å². The summed E-state index contributed by atoms with van der Waals surface area (Å²) in [5.74, 6) is -1.42. The van der Waals surface area contributed by atoms with Gasteiger partial charge in [-0.25, -0.2) is 0 Å². The second kappa shape index (κ2) is 12.4. The highest BCUT2D eigenvalue weighted by Gasteiger charge is 2.09. The van der Waals surface area contributed by atoms with E-state index in [1.807, 2.05) is 36.4 Å². The van der Waals surface area contributed by atoms with Crippen molar-refractivity contribution in [3.63, 3.8) is 0 Å². The molecule has 0 spiro atoms. The molecule has 152 valence electrons. The number of halogens is 2. The predicted molar refractivity (Wildman–Crippen MR) is 110 cm³/mol. The lowest BCUT2D eigenvalue weighted by molar-refractivity contribution is -0.139. The molecule has 0 aromatic heterocycles. The van der Waals surface area contributed by atoms with E-state index in [9.17, 15) is 14.7 Å². The molecule has 6 nitrogen and oxygen atoms in total. The first-order chi connectivity index (χ1) is 13.2. The van der Waals surface area contributed by atoms with Crippen LogP contribution >= 0.6 is 23.2 Å². The van der Waals surface area contributed by atoms with Crippen LogP contribution in [0.25, 0.3) is 11.1 Å². The van der Waals surface area contributed by atoms with Crippen molar-refractivity contribution in [1.29, 1.82) is 0 Å². The fraction of sp³-hybridized carbons (Fsp3) is 0.300. The predicted octanol–water partition coefficient (Wildman–Crippen LogP) is 3.55. The third kappa shape index (κ3) is 9.71. The van der Waals surface area contributed by atoms with E-state index < -0.39 is 18.0 Å². The van der Waals surface area contributed by atoms with Crippen LogP contribution in [0.15, 0.2) is 42.5 Å². The van der Waals surface area contributed by atoms with Gasteiger partial charge in [0, 0.05) is 17.2 Å². The minimum atomic E-state index is -0.985. The van der Waals surface area contributed by atoms with Crippen molar-refractivity contribution < 1.29 is 24.5 Å². The number of rotatable bonds is 8. The lowest BCUT2D eigenvalue weighted by Crippen LogP contribution is -2.16. The highest BCUT2D eigenvalue weighted by atomic mass is 35.5. The summed E-state index contributed by atoms with van der Waals surface area (Å²) in [7, 11) is 1.42. The van der Waals surface area contributed by atoms with Crippen LogP contribution in [-0.2, 0) is 20.7 Å². The minimum absolute atomic E-state index is 0.0139. The first-order valence-electron chi connectivity index (χ1n) is 8.43. The SMILES string of the molecule is COCC(N)=O.O=C(O)CC(O)CCc1ccc(-c2cc(Cl)cc(Cl)c2)cc1. The van der Waals surface area contributed by atoms with Gasteiger partial charge in [-0.2, -0.15) is 0 Å². The Morgan fingerprint density at radius 3 is 2.07 bits per heavy atom. The maximum Gasteiger partial charge on any atom is 0.305 e. The van der Waals surface area contributed by atoms with E-state index in [0.717, 1.165) is 16.7 Å². The van der Waals surface area contributed by atoms with Gasteiger partial charge in [0.15, 0.2) is 0 Å². The number of carboxylic acid groups (broad SMARTS) is 1. The Bertz CT molecular complexity index is 760. The van der Waals surface area contributed by atoms with Crippen LogP contribution < -0.4 is 5.73 Å². The first-order valence-corrected chi connectivity index (χ1v) is 9.19. The molecular weight excluding hydrogens is 405 g/mol. The standard InChI is InChI=1S/C17H16Cl2O3.C3H7NO2/c18-14-7-13(8-15(19)9-14)12-4-1-11(2-5-12)3-6-16(20)10-17(21)22;1-6-2-3(4)5/h1-2,4-5,7-9,16,20H,3,6,10H2,(H,21,22);2H2,1H3,(H2,4,5). The molecule has 4 N–H and O–H groups in total. The molecule has 1 amide bonds. The molecule has 8 heteroatoms. The number of carbonyl (C=O) groups excluding carboxylic acids is 1. The van der Waals surface area contributed by atoms with Gasteiger partial charge in [-0.3, -0.25) is 9.59 Å². The van der Waals surface area contributed by atoms with Crippen LogP contribution in [-0.4, -0.2) is 41.9 Å². The van der Waals surface area contributed by atoms with E-state index >= 15 is 0 Å². The first kappa shape index (κ1) is 23.9. The summed E-state index contributed by atoms with van der Waals surface area (Å²) in [5.41, 5.74) is 7.62. The summed E-state index contributed by atoms with van der Waals surface area (Å²) in [4.78, 5) is 20.2.